The third-order valence-corrected chi connectivity index (χ3v) is 7.75. The highest BCUT2D eigenvalue weighted by molar-refractivity contribution is 5.97. The van der Waals surface area contributed by atoms with Crippen LogP contribution in [0.1, 0.15) is 48.8 Å². The molecule has 2 saturated heterocycles. The SMILES string of the molecule is COCc1nc(N2CCOCC2)cc(C)c1C(=O)NCc1cccc(F)c1.COCc1nc(N2CCOCC2)cc(C)c1C(=O)OC. The number of methoxy groups -OCH3 is 3. The Labute approximate surface area is 275 Å². The Kier molecular flexibility index (Phi) is 13.4. The molecule has 0 atom stereocenters. The van der Waals surface area contributed by atoms with E-state index in [1.807, 2.05) is 26.0 Å². The number of carbonyl (C=O) groups is 2. The minimum absolute atomic E-state index is 0.238. The number of carbonyl (C=O) groups excluding carboxylic acids is 2. The lowest BCUT2D eigenvalue weighted by atomic mass is 10.1. The molecule has 1 N–H and O–H groups in total. The Morgan fingerprint density at radius 2 is 1.32 bits per heavy atom. The molecule has 1 amide bonds. The molecule has 2 aliphatic rings. The molecule has 1 aromatic carbocycles. The number of amides is 1. The number of morpholine rings is 2. The Hall–Kier alpha value is -4.17. The molecule has 2 fully saturated rings. The van der Waals surface area contributed by atoms with Gasteiger partial charge in [0.1, 0.15) is 17.5 Å². The van der Waals surface area contributed by atoms with E-state index < -0.39 is 0 Å². The summed E-state index contributed by atoms with van der Waals surface area (Å²) in [5.74, 6) is 0.727. The maximum absolute atomic E-state index is 13.3. The van der Waals surface area contributed by atoms with E-state index in [0.717, 1.165) is 48.9 Å². The number of aryl methyl sites for hydroxylation is 2. The summed E-state index contributed by atoms with van der Waals surface area (Å²) in [6.07, 6.45) is 0. The van der Waals surface area contributed by atoms with E-state index in [9.17, 15) is 14.0 Å². The average molecular weight is 654 g/mol. The maximum atomic E-state index is 13.3. The number of nitrogens with one attached hydrogen (secondary N) is 1. The predicted octanol–water partition coefficient (Wildman–Crippen LogP) is 3.60. The number of anilines is 2. The van der Waals surface area contributed by atoms with Crippen molar-refractivity contribution in [2.24, 2.45) is 0 Å². The fourth-order valence-electron chi connectivity index (χ4n) is 5.44. The van der Waals surface area contributed by atoms with E-state index in [0.29, 0.717) is 54.5 Å². The first-order chi connectivity index (χ1) is 22.7. The van der Waals surface area contributed by atoms with Crippen LogP contribution in [-0.2, 0) is 43.4 Å². The van der Waals surface area contributed by atoms with Crippen molar-refractivity contribution in [2.45, 2.75) is 33.6 Å². The molecule has 5 rings (SSSR count). The van der Waals surface area contributed by atoms with Crippen LogP contribution in [0.15, 0.2) is 36.4 Å². The number of aromatic nitrogens is 2. The Morgan fingerprint density at radius 3 is 1.81 bits per heavy atom. The highest BCUT2D eigenvalue weighted by Crippen LogP contribution is 2.23. The quantitative estimate of drug-likeness (QED) is 0.323. The largest absolute Gasteiger partial charge is 0.465 e. The number of pyridine rings is 2. The third-order valence-electron chi connectivity index (χ3n) is 7.75. The molecule has 47 heavy (non-hydrogen) atoms. The molecular weight excluding hydrogens is 609 g/mol. The van der Waals surface area contributed by atoms with E-state index in [1.165, 1.54) is 19.2 Å². The first-order valence-electron chi connectivity index (χ1n) is 15.5. The number of rotatable bonds is 10. The Balaban J connectivity index is 0.000000223. The number of esters is 1. The summed E-state index contributed by atoms with van der Waals surface area (Å²) >= 11 is 0. The highest BCUT2D eigenvalue weighted by atomic mass is 19.1. The lowest BCUT2D eigenvalue weighted by molar-refractivity contribution is 0.0593. The molecule has 4 heterocycles. The van der Waals surface area contributed by atoms with Crippen LogP contribution in [0, 0.1) is 19.7 Å². The van der Waals surface area contributed by atoms with Crippen molar-refractivity contribution in [1.29, 1.82) is 0 Å². The van der Waals surface area contributed by atoms with Gasteiger partial charge in [0.25, 0.3) is 5.91 Å². The van der Waals surface area contributed by atoms with Gasteiger partial charge in [-0.15, -0.1) is 0 Å². The standard InChI is InChI=1S/C20H24FN3O3.C14H20N2O4/c1-14-10-18(24-6-8-27-9-7-24)23-17(13-26-2)19(14)20(25)22-12-15-4-3-5-16(21)11-15;1-10-8-12(16-4-6-20-7-5-16)15-11(9-18-2)13(10)14(17)19-3/h3-5,10-11H,6-9,12-13H2,1-2H3,(H,22,25);8H,4-7,9H2,1-3H3. The summed E-state index contributed by atoms with van der Waals surface area (Å²) in [4.78, 5) is 38.2. The molecule has 0 bridgehead atoms. The summed E-state index contributed by atoms with van der Waals surface area (Å²) in [6, 6.07) is 10.0. The van der Waals surface area contributed by atoms with Crippen LogP contribution in [0.3, 0.4) is 0 Å². The molecule has 2 aliphatic heterocycles. The third kappa shape index (κ3) is 9.67. The van der Waals surface area contributed by atoms with Crippen LogP contribution in [0.25, 0.3) is 0 Å². The zero-order chi connectivity index (χ0) is 33.8. The first-order valence-corrected chi connectivity index (χ1v) is 15.5. The second kappa shape index (κ2) is 17.7. The van der Waals surface area contributed by atoms with Gasteiger partial charge in [-0.25, -0.2) is 19.2 Å². The minimum atomic E-state index is -0.379. The van der Waals surface area contributed by atoms with Crippen LogP contribution in [-0.4, -0.2) is 95.8 Å². The Bertz CT molecular complexity index is 1510. The number of hydrogen-bond acceptors (Lipinski definition) is 11. The van der Waals surface area contributed by atoms with Gasteiger partial charge in [-0.1, -0.05) is 12.1 Å². The summed E-state index contributed by atoms with van der Waals surface area (Å²) in [7, 11) is 4.53. The van der Waals surface area contributed by atoms with E-state index >= 15 is 0 Å². The molecule has 0 spiro atoms. The van der Waals surface area contributed by atoms with Crippen molar-refractivity contribution in [3.05, 3.63) is 81.4 Å². The van der Waals surface area contributed by atoms with Crippen LogP contribution in [0.2, 0.25) is 0 Å². The number of nitrogens with zero attached hydrogens (tertiary/aromatic N) is 4. The van der Waals surface area contributed by atoms with Crippen molar-refractivity contribution in [2.75, 3.05) is 83.7 Å². The predicted molar refractivity (Wildman–Crippen MR) is 174 cm³/mol. The van der Waals surface area contributed by atoms with E-state index in [2.05, 4.69) is 25.1 Å². The molecule has 0 unspecified atom stereocenters. The zero-order valence-corrected chi connectivity index (χ0v) is 27.8. The number of ether oxygens (including phenoxy) is 5. The summed E-state index contributed by atoms with van der Waals surface area (Å²) in [5.41, 5.74) is 4.58. The van der Waals surface area contributed by atoms with Gasteiger partial charge in [-0.3, -0.25) is 4.79 Å². The van der Waals surface area contributed by atoms with Crippen molar-refractivity contribution in [1.82, 2.24) is 15.3 Å². The number of benzene rings is 1. The van der Waals surface area contributed by atoms with Gasteiger partial charge < -0.3 is 38.8 Å². The van der Waals surface area contributed by atoms with Gasteiger partial charge in [-0.2, -0.15) is 0 Å². The highest BCUT2D eigenvalue weighted by Gasteiger charge is 2.22. The molecule has 0 aliphatic carbocycles. The van der Waals surface area contributed by atoms with E-state index in [4.69, 9.17) is 23.7 Å². The summed E-state index contributed by atoms with van der Waals surface area (Å²) < 4.78 is 39.3. The van der Waals surface area contributed by atoms with Crippen LogP contribution >= 0.6 is 0 Å². The first kappa shape index (κ1) is 35.7. The van der Waals surface area contributed by atoms with Crippen molar-refractivity contribution < 1.29 is 37.7 Å². The summed E-state index contributed by atoms with van der Waals surface area (Å²) in [6.45, 7) is 10.4. The zero-order valence-electron chi connectivity index (χ0n) is 27.8. The molecule has 13 heteroatoms. The fourth-order valence-corrected chi connectivity index (χ4v) is 5.44. The maximum Gasteiger partial charge on any atom is 0.340 e. The van der Waals surface area contributed by atoms with Gasteiger partial charge in [0.15, 0.2) is 0 Å². The van der Waals surface area contributed by atoms with Crippen LogP contribution in [0.5, 0.6) is 0 Å². The van der Waals surface area contributed by atoms with Crippen molar-refractivity contribution in [3.63, 3.8) is 0 Å². The molecule has 0 saturated carbocycles. The topological polar surface area (TPSA) is 125 Å². The fraction of sp³-hybridized carbons (Fsp3) is 0.471. The monoisotopic (exact) mass is 653 g/mol. The number of halogens is 1. The second-order valence-electron chi connectivity index (χ2n) is 11.1. The van der Waals surface area contributed by atoms with Crippen LogP contribution < -0.4 is 15.1 Å². The molecule has 0 radical (unpaired) electrons. The van der Waals surface area contributed by atoms with Gasteiger partial charge in [-0.05, 0) is 54.8 Å². The lowest BCUT2D eigenvalue weighted by Gasteiger charge is -2.29. The number of hydrogen-bond donors (Lipinski definition) is 1. The van der Waals surface area contributed by atoms with Gasteiger partial charge >= 0.3 is 5.97 Å². The van der Waals surface area contributed by atoms with Gasteiger partial charge in [0.05, 0.1) is 69.3 Å². The molecule has 3 aromatic rings. The second-order valence-corrected chi connectivity index (χ2v) is 11.1. The van der Waals surface area contributed by atoms with Crippen molar-refractivity contribution >= 4 is 23.5 Å². The van der Waals surface area contributed by atoms with E-state index in [1.54, 1.807) is 26.4 Å². The molecular formula is C34H44FN5O7. The summed E-state index contributed by atoms with van der Waals surface area (Å²) in [5, 5.41) is 2.85. The molecule has 2 aromatic heterocycles. The minimum Gasteiger partial charge on any atom is -0.465 e. The smallest absolute Gasteiger partial charge is 0.340 e. The van der Waals surface area contributed by atoms with Gasteiger partial charge in [0, 0.05) is 46.9 Å². The average Bonchev–Trinajstić information content (AvgIpc) is 3.08. The van der Waals surface area contributed by atoms with Gasteiger partial charge in [0.2, 0.25) is 0 Å². The van der Waals surface area contributed by atoms with Crippen molar-refractivity contribution in [3.8, 4) is 0 Å². The van der Waals surface area contributed by atoms with E-state index in [-0.39, 0.29) is 37.5 Å². The normalized spacial score (nSPS) is 14.7. The Morgan fingerprint density at radius 1 is 0.809 bits per heavy atom. The lowest BCUT2D eigenvalue weighted by Crippen LogP contribution is -2.37. The van der Waals surface area contributed by atoms with Crippen LogP contribution in [0.4, 0.5) is 16.0 Å². The molecule has 254 valence electrons. The molecule has 12 nitrogen and oxygen atoms in total.